The topological polar surface area (TPSA) is 51.7 Å². The van der Waals surface area contributed by atoms with Crippen molar-refractivity contribution in [1.29, 1.82) is 0 Å². The summed E-state index contributed by atoms with van der Waals surface area (Å²) >= 11 is 1.50. The summed E-state index contributed by atoms with van der Waals surface area (Å²) in [6.07, 6.45) is 0.184. The van der Waals surface area contributed by atoms with Gasteiger partial charge in [-0.3, -0.25) is 0 Å². The van der Waals surface area contributed by atoms with E-state index in [9.17, 15) is 9.18 Å². The number of rotatable bonds is 6. The van der Waals surface area contributed by atoms with Gasteiger partial charge in [-0.1, -0.05) is 41.4 Å². The standard InChI is InChI=1S/C24H24BFN2O3S/c1-16-3-8-21(31-14-17-4-6-18(25)7-5-17)19(13-16)20-15-32-23(27-20)28-11-9-24(26,10-12-28)22(29)30-2/h3-8,13,15H,9-12,14H2,1-2H3. The molecule has 2 heterocycles. The van der Waals surface area contributed by atoms with Gasteiger partial charge in [0.2, 0.25) is 5.67 Å². The van der Waals surface area contributed by atoms with Gasteiger partial charge in [-0.25, -0.2) is 14.2 Å². The Morgan fingerprint density at radius 3 is 2.62 bits per heavy atom. The summed E-state index contributed by atoms with van der Waals surface area (Å²) in [5.41, 5.74) is 2.66. The minimum Gasteiger partial charge on any atom is -0.488 e. The molecule has 32 heavy (non-hydrogen) atoms. The van der Waals surface area contributed by atoms with Crippen LogP contribution in [0.3, 0.4) is 0 Å². The highest BCUT2D eigenvalue weighted by molar-refractivity contribution is 7.14. The van der Waals surface area contributed by atoms with Crippen molar-refractivity contribution in [2.45, 2.75) is 32.0 Å². The van der Waals surface area contributed by atoms with Crippen molar-refractivity contribution in [2.75, 3.05) is 25.1 Å². The van der Waals surface area contributed by atoms with E-state index in [1.807, 2.05) is 53.6 Å². The van der Waals surface area contributed by atoms with Crippen molar-refractivity contribution in [1.82, 2.24) is 4.98 Å². The second kappa shape index (κ2) is 9.32. The largest absolute Gasteiger partial charge is 0.488 e. The quantitative estimate of drug-likeness (QED) is 0.420. The summed E-state index contributed by atoms with van der Waals surface area (Å²) in [4.78, 5) is 18.5. The van der Waals surface area contributed by atoms with E-state index in [0.717, 1.165) is 33.3 Å². The summed E-state index contributed by atoms with van der Waals surface area (Å²) in [5, 5.41) is 2.79. The normalized spacial score (nSPS) is 15.4. The Balaban J connectivity index is 1.49. The van der Waals surface area contributed by atoms with Gasteiger partial charge in [0.25, 0.3) is 0 Å². The van der Waals surface area contributed by atoms with E-state index in [-0.39, 0.29) is 12.8 Å². The van der Waals surface area contributed by atoms with Crippen molar-refractivity contribution in [2.24, 2.45) is 0 Å². The lowest BCUT2D eigenvalue weighted by molar-refractivity contribution is -0.156. The molecule has 0 amide bonds. The maximum atomic E-state index is 14.7. The lowest BCUT2D eigenvalue weighted by Gasteiger charge is -2.34. The predicted octanol–water partition coefficient (Wildman–Crippen LogP) is 3.97. The molecule has 0 unspecified atom stereocenters. The van der Waals surface area contributed by atoms with Crippen molar-refractivity contribution in [3.63, 3.8) is 0 Å². The first-order valence-electron chi connectivity index (χ1n) is 10.4. The molecular weight excluding hydrogens is 426 g/mol. The summed E-state index contributed by atoms with van der Waals surface area (Å²) in [5.74, 6) is -0.0454. The number of hydrogen-bond acceptors (Lipinski definition) is 6. The number of carbonyl (C=O) groups is 1. The number of halogens is 1. The molecule has 1 fully saturated rings. The maximum absolute atomic E-state index is 14.7. The van der Waals surface area contributed by atoms with Gasteiger partial charge in [-0.05, 0) is 24.6 Å². The summed E-state index contributed by atoms with van der Waals surface area (Å²) in [6.45, 7) is 3.27. The molecule has 0 saturated carbocycles. The fourth-order valence-corrected chi connectivity index (χ4v) is 4.60. The van der Waals surface area contributed by atoms with Crippen LogP contribution in [0, 0.1) is 6.92 Å². The van der Waals surface area contributed by atoms with Gasteiger partial charge < -0.3 is 14.4 Å². The van der Waals surface area contributed by atoms with Crippen LogP contribution in [0.5, 0.6) is 5.75 Å². The second-order valence-electron chi connectivity index (χ2n) is 7.99. The average molecular weight is 450 g/mol. The fraction of sp³-hybridized carbons (Fsp3) is 0.333. The van der Waals surface area contributed by atoms with E-state index in [0.29, 0.717) is 25.2 Å². The third kappa shape index (κ3) is 4.80. The van der Waals surface area contributed by atoms with Crippen LogP contribution in [0.4, 0.5) is 9.52 Å². The number of esters is 1. The van der Waals surface area contributed by atoms with Crippen LogP contribution in [0.1, 0.15) is 24.0 Å². The molecule has 0 bridgehead atoms. The zero-order chi connectivity index (χ0) is 22.7. The highest BCUT2D eigenvalue weighted by atomic mass is 32.1. The Kier molecular flexibility index (Phi) is 6.51. The summed E-state index contributed by atoms with van der Waals surface area (Å²) in [7, 11) is 6.98. The van der Waals surface area contributed by atoms with Gasteiger partial charge in [-0.15, -0.1) is 11.3 Å². The average Bonchev–Trinajstić information content (AvgIpc) is 3.29. The lowest BCUT2D eigenvalue weighted by atomic mass is 9.94. The van der Waals surface area contributed by atoms with Crippen molar-refractivity contribution in [3.05, 3.63) is 59.0 Å². The van der Waals surface area contributed by atoms with Crippen molar-refractivity contribution < 1.29 is 18.7 Å². The Morgan fingerprint density at radius 1 is 1.22 bits per heavy atom. The monoisotopic (exact) mass is 450 g/mol. The molecule has 1 aliphatic rings. The highest BCUT2D eigenvalue weighted by Gasteiger charge is 2.43. The molecule has 8 heteroatoms. The molecule has 1 aromatic heterocycles. The molecular formula is C24H24BFN2O3S. The molecule has 0 atom stereocenters. The van der Waals surface area contributed by atoms with Crippen molar-refractivity contribution >= 4 is 35.7 Å². The van der Waals surface area contributed by atoms with E-state index in [4.69, 9.17) is 17.6 Å². The number of ether oxygens (including phenoxy) is 2. The molecule has 0 spiro atoms. The zero-order valence-electron chi connectivity index (χ0n) is 18.1. The third-order valence-electron chi connectivity index (χ3n) is 5.65. The Hall–Kier alpha value is -2.87. The number of piperidine rings is 1. The van der Waals surface area contributed by atoms with Crippen LogP contribution < -0.4 is 15.1 Å². The molecule has 3 aromatic rings. The summed E-state index contributed by atoms with van der Waals surface area (Å²) < 4.78 is 25.4. The predicted molar refractivity (Wildman–Crippen MR) is 126 cm³/mol. The number of hydrogen-bond donors (Lipinski definition) is 0. The van der Waals surface area contributed by atoms with E-state index in [2.05, 4.69) is 10.8 Å². The molecule has 5 nitrogen and oxygen atoms in total. The van der Waals surface area contributed by atoms with E-state index in [1.165, 1.54) is 18.4 Å². The number of carbonyl (C=O) groups excluding carboxylic acids is 1. The van der Waals surface area contributed by atoms with Gasteiger partial charge in [0.1, 0.15) is 20.2 Å². The smallest absolute Gasteiger partial charge is 0.343 e. The highest BCUT2D eigenvalue weighted by Crippen LogP contribution is 2.37. The third-order valence-corrected chi connectivity index (χ3v) is 6.56. The van der Waals surface area contributed by atoms with Crippen LogP contribution in [0.25, 0.3) is 11.3 Å². The number of aromatic nitrogens is 1. The van der Waals surface area contributed by atoms with Gasteiger partial charge in [0, 0.05) is 36.9 Å². The van der Waals surface area contributed by atoms with Crippen LogP contribution in [-0.4, -0.2) is 44.7 Å². The van der Waals surface area contributed by atoms with E-state index in [1.54, 1.807) is 0 Å². The second-order valence-corrected chi connectivity index (χ2v) is 8.83. The molecule has 4 rings (SSSR count). The zero-order valence-corrected chi connectivity index (χ0v) is 19.0. The number of anilines is 1. The Labute approximate surface area is 192 Å². The van der Waals surface area contributed by atoms with Gasteiger partial charge in [0.05, 0.1) is 12.8 Å². The number of thiazole rings is 1. The Bertz CT molecular complexity index is 1090. The van der Waals surface area contributed by atoms with Crippen LogP contribution in [0.2, 0.25) is 0 Å². The van der Waals surface area contributed by atoms with Crippen molar-refractivity contribution in [3.8, 4) is 17.0 Å². The molecule has 1 aliphatic heterocycles. The first-order chi connectivity index (χ1) is 15.4. The number of alkyl halides is 1. The number of methoxy groups -OCH3 is 1. The summed E-state index contributed by atoms with van der Waals surface area (Å²) in [6, 6.07) is 13.6. The Morgan fingerprint density at radius 2 is 1.94 bits per heavy atom. The van der Waals surface area contributed by atoms with Crippen LogP contribution >= 0.6 is 11.3 Å². The molecule has 2 aromatic carbocycles. The molecule has 2 radical (unpaired) electrons. The van der Waals surface area contributed by atoms with Crippen LogP contribution in [-0.2, 0) is 16.1 Å². The number of benzene rings is 2. The van der Waals surface area contributed by atoms with Crippen LogP contribution in [0.15, 0.2) is 47.8 Å². The SMILES string of the molecule is [B]c1ccc(COc2ccc(C)cc2-c2csc(N3CCC(F)(C(=O)OC)CC3)n2)cc1. The first-order valence-corrected chi connectivity index (χ1v) is 11.3. The van der Waals surface area contributed by atoms with E-state index < -0.39 is 11.6 Å². The van der Waals surface area contributed by atoms with Gasteiger partial charge in [-0.2, -0.15) is 0 Å². The fourth-order valence-electron chi connectivity index (χ4n) is 3.72. The minimum absolute atomic E-state index is 0.0922. The lowest BCUT2D eigenvalue weighted by Crippen LogP contribution is -2.47. The molecule has 0 aliphatic carbocycles. The molecule has 164 valence electrons. The molecule has 1 saturated heterocycles. The first kappa shape index (κ1) is 22.3. The molecule has 0 N–H and O–H groups in total. The maximum Gasteiger partial charge on any atom is 0.343 e. The van der Waals surface area contributed by atoms with E-state index >= 15 is 0 Å². The number of nitrogens with zero attached hydrogens (tertiary/aromatic N) is 2. The minimum atomic E-state index is -1.91. The number of aryl methyl sites for hydroxylation is 1. The van der Waals surface area contributed by atoms with Gasteiger partial charge >= 0.3 is 5.97 Å². The van der Waals surface area contributed by atoms with Gasteiger partial charge in [0.15, 0.2) is 5.13 Å².